The number of rotatable bonds is 9. The summed E-state index contributed by atoms with van der Waals surface area (Å²) in [5.41, 5.74) is 2.13. The number of hydrogen-bond donors (Lipinski definition) is 1. The monoisotopic (exact) mass is 525 g/mol. The molecule has 0 spiro atoms. The van der Waals surface area contributed by atoms with Gasteiger partial charge in [-0.05, 0) is 61.0 Å². The van der Waals surface area contributed by atoms with Gasteiger partial charge in [-0.25, -0.2) is 8.42 Å². The second-order valence-electron chi connectivity index (χ2n) is 8.56. The molecule has 10 nitrogen and oxygen atoms in total. The van der Waals surface area contributed by atoms with Crippen LogP contribution in [0.4, 0.5) is 11.5 Å². The molecule has 1 aliphatic heterocycles. The fourth-order valence-electron chi connectivity index (χ4n) is 4.11. The Kier molecular flexibility index (Phi) is 8.24. The second kappa shape index (κ2) is 11.6. The highest BCUT2D eigenvalue weighted by Gasteiger charge is 2.29. The van der Waals surface area contributed by atoms with E-state index < -0.39 is 10.0 Å². The third-order valence-electron chi connectivity index (χ3n) is 6.15. The number of ether oxygens (including phenoxy) is 2. The van der Waals surface area contributed by atoms with E-state index in [1.807, 2.05) is 42.2 Å². The van der Waals surface area contributed by atoms with Crippen molar-refractivity contribution in [3.63, 3.8) is 0 Å². The molecule has 1 amide bonds. The van der Waals surface area contributed by atoms with Gasteiger partial charge in [-0.3, -0.25) is 4.79 Å². The number of anilines is 2. The van der Waals surface area contributed by atoms with Crippen LogP contribution in [0.25, 0.3) is 11.3 Å². The molecular formula is C26H31N5O5S. The minimum Gasteiger partial charge on any atom is -0.493 e. The van der Waals surface area contributed by atoms with E-state index in [1.54, 1.807) is 26.4 Å². The molecule has 4 rings (SSSR count). The highest BCUT2D eigenvalue weighted by Crippen LogP contribution is 2.31. The van der Waals surface area contributed by atoms with Crippen molar-refractivity contribution in [1.29, 1.82) is 0 Å². The summed E-state index contributed by atoms with van der Waals surface area (Å²) in [6.45, 7) is 3.58. The van der Waals surface area contributed by atoms with Crippen molar-refractivity contribution in [3.8, 4) is 22.8 Å². The number of amides is 1. The van der Waals surface area contributed by atoms with Crippen molar-refractivity contribution in [1.82, 2.24) is 14.5 Å². The van der Waals surface area contributed by atoms with E-state index in [0.717, 1.165) is 12.0 Å². The third-order valence-corrected chi connectivity index (χ3v) is 8.06. The van der Waals surface area contributed by atoms with Gasteiger partial charge in [0.25, 0.3) is 0 Å². The first-order valence-electron chi connectivity index (χ1n) is 12.1. The van der Waals surface area contributed by atoms with Crippen LogP contribution in [-0.4, -0.2) is 69.2 Å². The van der Waals surface area contributed by atoms with Gasteiger partial charge in [-0.15, -0.1) is 10.2 Å². The standard InChI is InChI=1S/C26H31N5O5S/c1-4-5-26(32)27-20-7-9-21(10-8-20)37(33,34)31-16-14-30(15-17-31)25-13-11-22(28-29-25)19-6-12-23(35-2)24(18-19)36-3/h6-13,18H,4-5,14-17H2,1-3H3,(H,27,32). The quantitative estimate of drug-likeness (QED) is 0.452. The zero-order valence-electron chi connectivity index (χ0n) is 21.2. The minimum atomic E-state index is -3.64. The van der Waals surface area contributed by atoms with Crippen LogP contribution in [0.5, 0.6) is 11.5 Å². The van der Waals surface area contributed by atoms with Gasteiger partial charge >= 0.3 is 0 Å². The lowest BCUT2D eigenvalue weighted by Crippen LogP contribution is -2.49. The Morgan fingerprint density at radius 3 is 2.22 bits per heavy atom. The SMILES string of the molecule is CCCC(=O)Nc1ccc(S(=O)(=O)N2CCN(c3ccc(-c4ccc(OC)c(OC)c4)nn3)CC2)cc1. The number of aromatic nitrogens is 2. The number of carbonyl (C=O) groups is 1. The van der Waals surface area contributed by atoms with Gasteiger partial charge in [0.1, 0.15) is 0 Å². The van der Waals surface area contributed by atoms with Gasteiger partial charge < -0.3 is 19.7 Å². The van der Waals surface area contributed by atoms with Gasteiger partial charge in [0.15, 0.2) is 17.3 Å². The first-order chi connectivity index (χ1) is 17.8. The summed E-state index contributed by atoms with van der Waals surface area (Å²) >= 11 is 0. The molecule has 2 aromatic carbocycles. The van der Waals surface area contributed by atoms with E-state index in [4.69, 9.17) is 9.47 Å². The van der Waals surface area contributed by atoms with E-state index in [0.29, 0.717) is 61.3 Å². The summed E-state index contributed by atoms with van der Waals surface area (Å²) in [4.78, 5) is 14.0. The number of carbonyl (C=O) groups excluding carboxylic acids is 1. The van der Waals surface area contributed by atoms with Crippen LogP contribution >= 0.6 is 0 Å². The van der Waals surface area contributed by atoms with Crippen LogP contribution in [0.3, 0.4) is 0 Å². The van der Waals surface area contributed by atoms with Crippen LogP contribution in [0.15, 0.2) is 59.5 Å². The van der Waals surface area contributed by atoms with Crippen molar-refractivity contribution in [2.45, 2.75) is 24.7 Å². The Bertz CT molecular complexity index is 1320. The summed E-state index contributed by atoms with van der Waals surface area (Å²) in [5.74, 6) is 1.85. The van der Waals surface area contributed by atoms with E-state index in [9.17, 15) is 13.2 Å². The van der Waals surface area contributed by atoms with Crippen molar-refractivity contribution >= 4 is 27.4 Å². The van der Waals surface area contributed by atoms with Crippen molar-refractivity contribution in [2.24, 2.45) is 0 Å². The molecule has 11 heteroatoms. The Morgan fingerprint density at radius 2 is 1.62 bits per heavy atom. The van der Waals surface area contributed by atoms with Crippen molar-refractivity contribution in [2.75, 3.05) is 50.6 Å². The number of benzene rings is 2. The summed E-state index contributed by atoms with van der Waals surface area (Å²) in [6.07, 6.45) is 1.17. The molecule has 37 heavy (non-hydrogen) atoms. The Balaban J connectivity index is 1.38. The molecule has 0 radical (unpaired) electrons. The van der Waals surface area contributed by atoms with Crippen LogP contribution < -0.4 is 19.7 Å². The molecule has 0 aliphatic carbocycles. The zero-order valence-corrected chi connectivity index (χ0v) is 22.0. The molecule has 1 aliphatic rings. The molecule has 3 aromatic rings. The van der Waals surface area contributed by atoms with Crippen LogP contribution in [0.2, 0.25) is 0 Å². The maximum atomic E-state index is 13.1. The molecule has 0 unspecified atom stereocenters. The number of methoxy groups -OCH3 is 2. The second-order valence-corrected chi connectivity index (χ2v) is 10.5. The van der Waals surface area contributed by atoms with E-state index in [1.165, 1.54) is 16.4 Å². The van der Waals surface area contributed by atoms with Crippen molar-refractivity contribution < 1.29 is 22.7 Å². The molecule has 2 heterocycles. The first-order valence-corrected chi connectivity index (χ1v) is 13.5. The lowest BCUT2D eigenvalue weighted by Gasteiger charge is -2.34. The van der Waals surface area contributed by atoms with Crippen LogP contribution in [0.1, 0.15) is 19.8 Å². The lowest BCUT2D eigenvalue weighted by atomic mass is 10.1. The molecule has 0 saturated carbocycles. The van der Waals surface area contributed by atoms with Gasteiger partial charge in [-0.2, -0.15) is 4.31 Å². The fourth-order valence-corrected chi connectivity index (χ4v) is 5.53. The topological polar surface area (TPSA) is 114 Å². The maximum Gasteiger partial charge on any atom is 0.243 e. The minimum absolute atomic E-state index is 0.0888. The number of sulfonamides is 1. The number of piperazine rings is 1. The summed E-state index contributed by atoms with van der Waals surface area (Å²) in [7, 11) is -0.474. The highest BCUT2D eigenvalue weighted by atomic mass is 32.2. The smallest absolute Gasteiger partial charge is 0.243 e. The Hall–Kier alpha value is -3.70. The lowest BCUT2D eigenvalue weighted by molar-refractivity contribution is -0.116. The highest BCUT2D eigenvalue weighted by molar-refractivity contribution is 7.89. The fraction of sp³-hybridized carbons (Fsp3) is 0.346. The molecule has 1 aromatic heterocycles. The largest absolute Gasteiger partial charge is 0.493 e. The van der Waals surface area contributed by atoms with Gasteiger partial charge in [-0.1, -0.05) is 6.92 Å². The van der Waals surface area contributed by atoms with E-state index >= 15 is 0 Å². The van der Waals surface area contributed by atoms with Gasteiger partial charge in [0, 0.05) is 43.9 Å². The normalized spacial score (nSPS) is 14.3. The van der Waals surface area contributed by atoms with E-state index in [-0.39, 0.29) is 10.8 Å². The molecule has 0 atom stereocenters. The van der Waals surface area contributed by atoms with Gasteiger partial charge in [0.2, 0.25) is 15.9 Å². The number of hydrogen-bond acceptors (Lipinski definition) is 8. The molecule has 1 saturated heterocycles. The maximum absolute atomic E-state index is 13.1. The summed E-state index contributed by atoms with van der Waals surface area (Å²) in [5, 5.41) is 11.5. The van der Waals surface area contributed by atoms with Crippen LogP contribution in [-0.2, 0) is 14.8 Å². The number of nitrogens with zero attached hydrogens (tertiary/aromatic N) is 4. The van der Waals surface area contributed by atoms with Crippen molar-refractivity contribution in [3.05, 3.63) is 54.6 Å². The molecular weight excluding hydrogens is 494 g/mol. The summed E-state index contributed by atoms with van der Waals surface area (Å²) in [6, 6.07) is 15.6. The Labute approximate surface area is 217 Å². The average molecular weight is 526 g/mol. The first kappa shape index (κ1) is 26.4. The van der Waals surface area contributed by atoms with Gasteiger partial charge in [0.05, 0.1) is 24.8 Å². The molecule has 1 fully saturated rings. The molecule has 196 valence electrons. The summed E-state index contributed by atoms with van der Waals surface area (Å²) < 4.78 is 38.4. The predicted molar refractivity (Wildman–Crippen MR) is 142 cm³/mol. The molecule has 0 bridgehead atoms. The number of nitrogens with one attached hydrogen (secondary N) is 1. The molecule has 1 N–H and O–H groups in total. The third kappa shape index (κ3) is 6.00. The zero-order chi connectivity index (χ0) is 26.4. The predicted octanol–water partition coefficient (Wildman–Crippen LogP) is 3.41. The average Bonchev–Trinajstić information content (AvgIpc) is 2.93. The van der Waals surface area contributed by atoms with Crippen LogP contribution in [0, 0.1) is 0 Å². The van der Waals surface area contributed by atoms with E-state index in [2.05, 4.69) is 15.5 Å². The Morgan fingerprint density at radius 1 is 0.919 bits per heavy atom.